The van der Waals surface area contributed by atoms with Crippen LogP contribution in [0.1, 0.15) is 63.5 Å². The van der Waals surface area contributed by atoms with Crippen molar-refractivity contribution in [3.8, 4) is 0 Å². The minimum atomic E-state index is -0.626. The third-order valence-electron chi connectivity index (χ3n) is 4.63. The van der Waals surface area contributed by atoms with E-state index in [1.165, 1.54) is 26.0 Å². The molecule has 0 aromatic carbocycles. The number of methoxy groups -OCH3 is 2. The first-order valence-electron chi connectivity index (χ1n) is 9.56. The lowest BCUT2D eigenvalue weighted by Crippen LogP contribution is -2.16. The summed E-state index contributed by atoms with van der Waals surface area (Å²) >= 11 is 2.29. The summed E-state index contributed by atoms with van der Waals surface area (Å²) in [4.78, 5) is 37.0. The highest BCUT2D eigenvalue weighted by Gasteiger charge is 2.30. The van der Waals surface area contributed by atoms with Crippen LogP contribution in [0.15, 0.2) is 5.16 Å². The Morgan fingerprint density at radius 2 is 1.90 bits per heavy atom. The van der Waals surface area contributed by atoms with Crippen molar-refractivity contribution < 1.29 is 23.9 Å². The average Bonchev–Trinajstić information content (AvgIpc) is 3.43. The smallest absolute Gasteiger partial charge is 0.348 e. The van der Waals surface area contributed by atoms with Crippen LogP contribution < -0.4 is 5.32 Å². The van der Waals surface area contributed by atoms with Crippen LogP contribution in [0.4, 0.5) is 5.00 Å². The number of ether oxygens (including phenoxy) is 2. The van der Waals surface area contributed by atoms with Crippen LogP contribution in [0, 0.1) is 6.92 Å². The maximum absolute atomic E-state index is 12.6. The molecule has 1 aliphatic rings. The second kappa shape index (κ2) is 9.61. The number of carbonyl (C=O) groups is 3. The summed E-state index contributed by atoms with van der Waals surface area (Å²) in [6, 6.07) is 0. The number of nitrogens with zero attached hydrogens (tertiary/aromatic N) is 3. The third kappa shape index (κ3) is 4.67. The molecule has 0 aliphatic heterocycles. The lowest BCUT2D eigenvalue weighted by atomic mass is 10.1. The molecule has 1 aliphatic carbocycles. The first kappa shape index (κ1) is 22.3. The van der Waals surface area contributed by atoms with Crippen molar-refractivity contribution >= 4 is 45.9 Å². The SMILES string of the molecule is CCCn1c(SCC(=O)Nc2sc(C(=O)OC)c(C)c2C(=O)OC)nnc1C1CC1. The first-order chi connectivity index (χ1) is 14.4. The minimum Gasteiger partial charge on any atom is -0.465 e. The van der Waals surface area contributed by atoms with E-state index < -0.39 is 11.9 Å². The summed E-state index contributed by atoms with van der Waals surface area (Å²) in [5.41, 5.74) is 0.574. The van der Waals surface area contributed by atoms with Crippen LogP contribution in [0.5, 0.6) is 0 Å². The highest BCUT2D eigenvalue weighted by atomic mass is 32.2. The first-order valence-corrected chi connectivity index (χ1v) is 11.4. The Labute approximate surface area is 182 Å². The van der Waals surface area contributed by atoms with Gasteiger partial charge in [0, 0.05) is 12.5 Å². The van der Waals surface area contributed by atoms with E-state index in [1.807, 2.05) is 0 Å². The van der Waals surface area contributed by atoms with Crippen molar-refractivity contribution in [3.63, 3.8) is 0 Å². The molecule has 3 rings (SSSR count). The number of rotatable bonds is 9. The van der Waals surface area contributed by atoms with Crippen molar-refractivity contribution in [1.29, 1.82) is 0 Å². The van der Waals surface area contributed by atoms with Gasteiger partial charge >= 0.3 is 11.9 Å². The fourth-order valence-corrected chi connectivity index (χ4v) is 4.91. The van der Waals surface area contributed by atoms with E-state index in [0.29, 0.717) is 16.6 Å². The Morgan fingerprint density at radius 1 is 1.20 bits per heavy atom. The lowest BCUT2D eigenvalue weighted by Gasteiger charge is -2.08. The Hall–Kier alpha value is -2.40. The number of amides is 1. The van der Waals surface area contributed by atoms with Crippen LogP contribution in [0.3, 0.4) is 0 Å². The number of carbonyl (C=O) groups excluding carboxylic acids is 3. The zero-order chi connectivity index (χ0) is 21.8. The van der Waals surface area contributed by atoms with E-state index >= 15 is 0 Å². The predicted molar refractivity (Wildman–Crippen MR) is 113 cm³/mol. The van der Waals surface area contributed by atoms with Gasteiger partial charge in [0.25, 0.3) is 0 Å². The Balaban J connectivity index is 1.73. The molecular formula is C19H24N4O5S2. The Morgan fingerprint density at radius 3 is 2.50 bits per heavy atom. The molecule has 2 aromatic heterocycles. The molecule has 162 valence electrons. The number of aromatic nitrogens is 3. The maximum Gasteiger partial charge on any atom is 0.348 e. The number of hydrogen-bond acceptors (Lipinski definition) is 9. The maximum atomic E-state index is 12.6. The van der Waals surface area contributed by atoms with Gasteiger partial charge in [-0.05, 0) is 31.7 Å². The van der Waals surface area contributed by atoms with E-state index in [0.717, 1.165) is 43.0 Å². The van der Waals surface area contributed by atoms with Crippen molar-refractivity contribution in [2.24, 2.45) is 0 Å². The largest absolute Gasteiger partial charge is 0.465 e. The van der Waals surface area contributed by atoms with Crippen LogP contribution >= 0.6 is 23.1 Å². The summed E-state index contributed by atoms with van der Waals surface area (Å²) in [6.45, 7) is 4.51. The quantitative estimate of drug-likeness (QED) is 0.456. The number of thioether (sulfide) groups is 1. The molecule has 11 heteroatoms. The van der Waals surface area contributed by atoms with Gasteiger partial charge in [-0.15, -0.1) is 21.5 Å². The topological polar surface area (TPSA) is 112 Å². The molecule has 0 saturated heterocycles. The predicted octanol–water partition coefficient (Wildman–Crippen LogP) is 3.24. The summed E-state index contributed by atoms with van der Waals surface area (Å²) in [5.74, 6) is 0.0423. The standard InChI is InChI=1S/C19H24N4O5S2/c1-5-8-23-15(11-6-7-11)21-22-19(23)29-9-12(24)20-16-13(17(25)27-3)10(2)14(30-16)18(26)28-4/h11H,5-9H2,1-4H3,(H,20,24). The molecular weight excluding hydrogens is 428 g/mol. The van der Waals surface area contributed by atoms with Crippen molar-refractivity contribution in [1.82, 2.24) is 14.8 Å². The summed E-state index contributed by atoms with van der Waals surface area (Å²) in [7, 11) is 2.51. The third-order valence-corrected chi connectivity index (χ3v) is 6.78. The summed E-state index contributed by atoms with van der Waals surface area (Å²) in [6.07, 6.45) is 3.21. The fourth-order valence-electron chi connectivity index (χ4n) is 3.01. The molecule has 0 atom stereocenters. The molecule has 2 aromatic rings. The molecule has 0 radical (unpaired) electrons. The van der Waals surface area contributed by atoms with Crippen LogP contribution in [-0.2, 0) is 20.8 Å². The van der Waals surface area contributed by atoms with Gasteiger partial charge in [0.2, 0.25) is 5.91 Å². The van der Waals surface area contributed by atoms with Gasteiger partial charge in [-0.2, -0.15) is 0 Å². The summed E-state index contributed by atoms with van der Waals surface area (Å²) in [5, 5.41) is 12.2. The number of esters is 2. The molecule has 0 spiro atoms. The van der Waals surface area contributed by atoms with E-state index in [1.54, 1.807) is 6.92 Å². The van der Waals surface area contributed by atoms with Gasteiger partial charge in [0.15, 0.2) is 5.16 Å². The van der Waals surface area contributed by atoms with Crippen LogP contribution in [0.25, 0.3) is 0 Å². The van der Waals surface area contributed by atoms with Gasteiger partial charge < -0.3 is 19.4 Å². The van der Waals surface area contributed by atoms with Crippen molar-refractivity contribution in [2.45, 2.75) is 50.7 Å². The van der Waals surface area contributed by atoms with E-state index in [9.17, 15) is 14.4 Å². The molecule has 30 heavy (non-hydrogen) atoms. The van der Waals surface area contributed by atoms with Gasteiger partial charge in [-0.3, -0.25) is 4.79 Å². The van der Waals surface area contributed by atoms with Gasteiger partial charge in [0.1, 0.15) is 15.7 Å². The molecule has 1 saturated carbocycles. The number of anilines is 1. The molecule has 1 fully saturated rings. The van der Waals surface area contributed by atoms with Crippen molar-refractivity contribution in [2.75, 3.05) is 25.3 Å². The summed E-state index contributed by atoms with van der Waals surface area (Å²) < 4.78 is 11.6. The zero-order valence-electron chi connectivity index (χ0n) is 17.3. The molecule has 0 unspecified atom stereocenters. The lowest BCUT2D eigenvalue weighted by molar-refractivity contribution is -0.113. The number of hydrogen-bond donors (Lipinski definition) is 1. The van der Waals surface area contributed by atoms with E-state index in [-0.39, 0.29) is 27.1 Å². The van der Waals surface area contributed by atoms with Gasteiger partial charge in [-0.1, -0.05) is 18.7 Å². The minimum absolute atomic E-state index is 0.0949. The second-order valence-corrected chi connectivity index (χ2v) is 8.81. The van der Waals surface area contributed by atoms with Crippen molar-refractivity contribution in [3.05, 3.63) is 21.8 Å². The van der Waals surface area contributed by atoms with Crippen LogP contribution in [-0.4, -0.2) is 52.6 Å². The van der Waals surface area contributed by atoms with Gasteiger partial charge in [-0.25, -0.2) is 9.59 Å². The molecule has 1 amide bonds. The molecule has 0 bridgehead atoms. The van der Waals surface area contributed by atoms with E-state index in [4.69, 9.17) is 9.47 Å². The normalized spacial score (nSPS) is 13.2. The number of nitrogens with one attached hydrogen (secondary N) is 1. The van der Waals surface area contributed by atoms with Crippen LogP contribution in [0.2, 0.25) is 0 Å². The Bertz CT molecular complexity index is 965. The Kier molecular flexibility index (Phi) is 7.14. The molecule has 2 heterocycles. The monoisotopic (exact) mass is 452 g/mol. The fraction of sp³-hybridized carbons (Fsp3) is 0.526. The molecule has 1 N–H and O–H groups in total. The second-order valence-electron chi connectivity index (χ2n) is 6.85. The number of thiophene rings is 1. The highest BCUT2D eigenvalue weighted by molar-refractivity contribution is 7.99. The average molecular weight is 453 g/mol. The molecule has 9 nitrogen and oxygen atoms in total. The van der Waals surface area contributed by atoms with E-state index in [2.05, 4.69) is 27.0 Å². The zero-order valence-corrected chi connectivity index (χ0v) is 18.9. The van der Waals surface area contributed by atoms with Gasteiger partial charge in [0.05, 0.1) is 25.5 Å². The highest BCUT2D eigenvalue weighted by Crippen LogP contribution is 2.40.